The molecule has 2 rings (SSSR count). The molecular formula is C13H14O3. The second kappa shape index (κ2) is 4.12. The molecule has 0 fully saturated rings. The summed E-state index contributed by atoms with van der Waals surface area (Å²) in [4.78, 5) is 0. The number of hydrogen-bond donors (Lipinski definition) is 2. The summed E-state index contributed by atoms with van der Waals surface area (Å²) in [6.07, 6.45) is 3.17. The molecule has 0 spiro atoms. The molecule has 0 aliphatic heterocycles. The first kappa shape index (κ1) is 10.9. The number of allylic oxidation sites excluding steroid dienone is 1. The third kappa shape index (κ3) is 2.01. The van der Waals surface area contributed by atoms with Crippen LogP contribution in [-0.4, -0.2) is 23.1 Å². The second-order valence-electron chi connectivity index (χ2n) is 3.79. The van der Waals surface area contributed by atoms with Crippen LogP contribution in [0.2, 0.25) is 0 Å². The van der Waals surface area contributed by atoms with E-state index in [4.69, 9.17) is 4.74 Å². The zero-order chi connectivity index (χ0) is 11.6. The molecule has 0 radical (unpaired) electrons. The molecule has 84 valence electrons. The van der Waals surface area contributed by atoms with Crippen molar-refractivity contribution in [1.29, 1.82) is 0 Å². The van der Waals surface area contributed by atoms with Crippen molar-refractivity contribution in [3.63, 3.8) is 0 Å². The van der Waals surface area contributed by atoms with Crippen molar-refractivity contribution < 1.29 is 14.9 Å². The molecule has 2 N–H and O–H groups in total. The minimum absolute atomic E-state index is 0.174. The van der Waals surface area contributed by atoms with Gasteiger partial charge >= 0.3 is 0 Å². The molecule has 0 bridgehead atoms. The van der Waals surface area contributed by atoms with Gasteiger partial charge in [0.1, 0.15) is 5.76 Å². The average Bonchev–Trinajstić information content (AvgIpc) is 2.34. The lowest BCUT2D eigenvalue weighted by Gasteiger charge is -2.27. The first-order valence-corrected chi connectivity index (χ1v) is 5.09. The first-order valence-electron chi connectivity index (χ1n) is 5.09. The highest BCUT2D eigenvalue weighted by Crippen LogP contribution is 2.33. The van der Waals surface area contributed by atoms with Crippen molar-refractivity contribution in [2.75, 3.05) is 7.11 Å². The summed E-state index contributed by atoms with van der Waals surface area (Å²) in [6.45, 7) is 0. The van der Waals surface area contributed by atoms with E-state index in [0.29, 0.717) is 5.57 Å². The Balaban J connectivity index is 2.38. The van der Waals surface area contributed by atoms with Crippen molar-refractivity contribution >= 4 is 5.57 Å². The molecule has 1 aromatic carbocycles. The van der Waals surface area contributed by atoms with E-state index in [1.165, 1.54) is 19.3 Å². The molecule has 0 aromatic heterocycles. The Morgan fingerprint density at radius 3 is 2.56 bits per heavy atom. The fraction of sp³-hybridized carbons (Fsp3) is 0.231. The zero-order valence-corrected chi connectivity index (χ0v) is 9.05. The quantitative estimate of drug-likeness (QED) is 0.748. The normalized spacial score (nSPS) is 24.9. The van der Waals surface area contributed by atoms with Crippen molar-refractivity contribution in [2.24, 2.45) is 0 Å². The van der Waals surface area contributed by atoms with Gasteiger partial charge in [0.25, 0.3) is 0 Å². The van der Waals surface area contributed by atoms with Crippen LogP contribution in [0.25, 0.3) is 5.57 Å². The SMILES string of the molecule is COC1(O)C=CC(O)=C(c2ccccc2)C1. The smallest absolute Gasteiger partial charge is 0.189 e. The summed E-state index contributed by atoms with van der Waals surface area (Å²) >= 11 is 0. The number of aliphatic hydroxyl groups excluding tert-OH is 1. The maximum absolute atomic E-state index is 9.98. The second-order valence-corrected chi connectivity index (χ2v) is 3.79. The van der Waals surface area contributed by atoms with Gasteiger partial charge in [-0.25, -0.2) is 0 Å². The highest BCUT2D eigenvalue weighted by Gasteiger charge is 2.29. The van der Waals surface area contributed by atoms with Gasteiger partial charge in [-0.2, -0.15) is 0 Å². The molecule has 0 saturated heterocycles. The van der Waals surface area contributed by atoms with Crippen LogP contribution < -0.4 is 0 Å². The Morgan fingerprint density at radius 1 is 1.25 bits per heavy atom. The highest BCUT2D eigenvalue weighted by atomic mass is 16.6. The Hall–Kier alpha value is -1.58. The van der Waals surface area contributed by atoms with Gasteiger partial charge in [0, 0.05) is 19.1 Å². The van der Waals surface area contributed by atoms with Gasteiger partial charge in [-0.3, -0.25) is 0 Å². The van der Waals surface area contributed by atoms with Crippen LogP contribution in [0.4, 0.5) is 0 Å². The summed E-state index contributed by atoms with van der Waals surface area (Å²) in [7, 11) is 1.44. The maximum Gasteiger partial charge on any atom is 0.189 e. The van der Waals surface area contributed by atoms with Crippen LogP contribution in [0.1, 0.15) is 12.0 Å². The molecule has 0 amide bonds. The van der Waals surface area contributed by atoms with Crippen LogP contribution in [0.15, 0.2) is 48.2 Å². The van der Waals surface area contributed by atoms with Gasteiger partial charge < -0.3 is 14.9 Å². The van der Waals surface area contributed by atoms with Gasteiger partial charge in [0.15, 0.2) is 5.79 Å². The van der Waals surface area contributed by atoms with E-state index in [1.807, 2.05) is 30.3 Å². The lowest BCUT2D eigenvalue weighted by molar-refractivity contribution is -0.142. The van der Waals surface area contributed by atoms with E-state index in [1.54, 1.807) is 0 Å². The number of aliphatic hydroxyl groups is 2. The molecule has 16 heavy (non-hydrogen) atoms. The summed E-state index contributed by atoms with van der Waals surface area (Å²) < 4.78 is 5.00. The molecule has 1 aromatic rings. The maximum atomic E-state index is 9.98. The van der Waals surface area contributed by atoms with Gasteiger partial charge in [-0.1, -0.05) is 30.3 Å². The molecule has 3 heteroatoms. The largest absolute Gasteiger partial charge is 0.508 e. The molecule has 3 nitrogen and oxygen atoms in total. The number of ether oxygens (including phenoxy) is 1. The van der Waals surface area contributed by atoms with Crippen LogP contribution in [0.5, 0.6) is 0 Å². The Bertz CT molecular complexity index is 434. The number of rotatable bonds is 2. The van der Waals surface area contributed by atoms with E-state index < -0.39 is 5.79 Å². The monoisotopic (exact) mass is 218 g/mol. The Kier molecular flexibility index (Phi) is 2.81. The molecular weight excluding hydrogens is 204 g/mol. The van der Waals surface area contributed by atoms with E-state index in [2.05, 4.69) is 0 Å². The molecule has 1 aliphatic carbocycles. The predicted molar refractivity (Wildman–Crippen MR) is 61.7 cm³/mol. The topological polar surface area (TPSA) is 49.7 Å². The fourth-order valence-electron chi connectivity index (χ4n) is 1.74. The van der Waals surface area contributed by atoms with Crippen molar-refractivity contribution in [2.45, 2.75) is 12.2 Å². The fourth-order valence-corrected chi connectivity index (χ4v) is 1.74. The molecule has 1 aliphatic rings. The van der Waals surface area contributed by atoms with E-state index in [0.717, 1.165) is 5.56 Å². The molecule has 0 saturated carbocycles. The lowest BCUT2D eigenvalue weighted by Crippen LogP contribution is -2.30. The van der Waals surface area contributed by atoms with Crippen LogP contribution in [0, 0.1) is 0 Å². The number of benzene rings is 1. The third-order valence-corrected chi connectivity index (χ3v) is 2.72. The van der Waals surface area contributed by atoms with Crippen molar-refractivity contribution in [3.05, 3.63) is 53.8 Å². The lowest BCUT2D eigenvalue weighted by atomic mass is 9.92. The Labute approximate surface area is 94.3 Å². The van der Waals surface area contributed by atoms with Crippen LogP contribution >= 0.6 is 0 Å². The summed E-state index contributed by atoms with van der Waals surface area (Å²) in [5.74, 6) is -1.15. The summed E-state index contributed by atoms with van der Waals surface area (Å²) in [5.41, 5.74) is 1.58. The Morgan fingerprint density at radius 2 is 1.94 bits per heavy atom. The molecule has 1 atom stereocenters. The minimum atomic E-state index is -1.32. The van der Waals surface area contributed by atoms with E-state index in [9.17, 15) is 10.2 Å². The van der Waals surface area contributed by atoms with E-state index >= 15 is 0 Å². The third-order valence-electron chi connectivity index (χ3n) is 2.72. The zero-order valence-electron chi connectivity index (χ0n) is 9.05. The van der Waals surface area contributed by atoms with Gasteiger partial charge in [0.05, 0.1) is 0 Å². The highest BCUT2D eigenvalue weighted by molar-refractivity contribution is 5.71. The average molecular weight is 218 g/mol. The van der Waals surface area contributed by atoms with Crippen LogP contribution in [0.3, 0.4) is 0 Å². The van der Waals surface area contributed by atoms with Crippen molar-refractivity contribution in [3.8, 4) is 0 Å². The minimum Gasteiger partial charge on any atom is -0.508 e. The number of methoxy groups -OCH3 is 1. The molecule has 1 unspecified atom stereocenters. The first-order chi connectivity index (χ1) is 7.64. The number of hydrogen-bond acceptors (Lipinski definition) is 3. The summed E-state index contributed by atoms with van der Waals surface area (Å²) in [6, 6.07) is 9.46. The summed E-state index contributed by atoms with van der Waals surface area (Å²) in [5, 5.41) is 19.8. The van der Waals surface area contributed by atoms with Gasteiger partial charge in [-0.05, 0) is 17.7 Å². The predicted octanol–water partition coefficient (Wildman–Crippen LogP) is 2.25. The van der Waals surface area contributed by atoms with Gasteiger partial charge in [-0.15, -0.1) is 0 Å². The van der Waals surface area contributed by atoms with Crippen molar-refractivity contribution in [1.82, 2.24) is 0 Å². The van der Waals surface area contributed by atoms with Crippen LogP contribution in [-0.2, 0) is 4.74 Å². The van der Waals surface area contributed by atoms with Gasteiger partial charge in [0.2, 0.25) is 0 Å². The standard InChI is InChI=1S/C13H14O3/c1-16-13(15)8-7-12(14)11(9-13)10-5-3-2-4-6-10/h2-8,14-15H,9H2,1H3. The van der Waals surface area contributed by atoms with E-state index in [-0.39, 0.29) is 12.2 Å². The molecule has 0 heterocycles.